The van der Waals surface area contributed by atoms with Crippen molar-refractivity contribution in [2.75, 3.05) is 19.8 Å². The Kier molecular flexibility index (Phi) is 6.20. The number of benzene rings is 1. The van der Waals surface area contributed by atoms with Crippen molar-refractivity contribution in [3.63, 3.8) is 0 Å². The van der Waals surface area contributed by atoms with Gasteiger partial charge in [-0.05, 0) is 51.5 Å². The number of ether oxygens (including phenoxy) is 1. The van der Waals surface area contributed by atoms with Crippen LogP contribution in [0.3, 0.4) is 0 Å². The molecule has 1 aromatic carbocycles. The van der Waals surface area contributed by atoms with Gasteiger partial charge in [0.05, 0.1) is 41.7 Å². The second-order valence-electron chi connectivity index (χ2n) is 8.85. The highest BCUT2D eigenvalue weighted by atomic mass is 32.1. The maximum absolute atomic E-state index is 13.5. The molecule has 0 radical (unpaired) electrons. The Morgan fingerprint density at radius 1 is 1.32 bits per heavy atom. The van der Waals surface area contributed by atoms with Crippen LogP contribution in [0, 0.1) is 11.7 Å². The van der Waals surface area contributed by atoms with E-state index in [4.69, 9.17) is 9.72 Å². The number of carbonyl (C=O) groups excluding carboxylic acids is 1. The van der Waals surface area contributed by atoms with Gasteiger partial charge in [0.15, 0.2) is 0 Å². The van der Waals surface area contributed by atoms with Gasteiger partial charge in [0.2, 0.25) is 5.91 Å². The number of hydrogen-bond acceptors (Lipinski definition) is 5. The van der Waals surface area contributed by atoms with Crippen LogP contribution in [-0.2, 0) is 21.5 Å². The molecule has 1 atom stereocenters. The predicted molar refractivity (Wildman–Crippen MR) is 119 cm³/mol. The van der Waals surface area contributed by atoms with Gasteiger partial charge in [-0.15, -0.1) is 11.3 Å². The van der Waals surface area contributed by atoms with E-state index in [0.29, 0.717) is 19.1 Å². The maximum Gasteiger partial charge on any atom is 0.226 e. The molecule has 1 N–H and O–H groups in total. The Morgan fingerprint density at radius 3 is 2.77 bits per heavy atom. The van der Waals surface area contributed by atoms with Gasteiger partial charge < -0.3 is 10.1 Å². The van der Waals surface area contributed by atoms with Gasteiger partial charge in [0.25, 0.3) is 0 Å². The van der Waals surface area contributed by atoms with Crippen molar-refractivity contribution in [2.24, 2.45) is 5.92 Å². The monoisotopic (exact) mass is 442 g/mol. The fourth-order valence-electron chi connectivity index (χ4n) is 3.64. The van der Waals surface area contributed by atoms with Gasteiger partial charge >= 0.3 is 0 Å². The summed E-state index contributed by atoms with van der Waals surface area (Å²) in [7, 11) is 0. The second kappa shape index (κ2) is 8.88. The Hall–Kier alpha value is -2.58. The van der Waals surface area contributed by atoms with Crippen LogP contribution < -0.4 is 5.32 Å². The molecule has 1 unspecified atom stereocenters. The highest BCUT2D eigenvalue weighted by Gasteiger charge is 2.24. The third-order valence-corrected chi connectivity index (χ3v) is 6.18. The SMILES string of the molecule is CC(C)(C)n1ncc(-c2nc(CC(=O)NCC3CCOC3)cs2)c1-c1ccc(F)cc1. The number of thiazole rings is 1. The van der Waals surface area contributed by atoms with E-state index >= 15 is 0 Å². The molecule has 3 heterocycles. The van der Waals surface area contributed by atoms with Crippen LogP contribution in [-0.4, -0.2) is 40.4 Å². The van der Waals surface area contributed by atoms with Crippen LogP contribution in [0.1, 0.15) is 32.9 Å². The second-order valence-corrected chi connectivity index (χ2v) is 9.71. The highest BCUT2D eigenvalue weighted by Crippen LogP contribution is 2.36. The van der Waals surface area contributed by atoms with Crippen molar-refractivity contribution in [3.05, 3.63) is 47.4 Å². The number of hydrogen-bond donors (Lipinski definition) is 1. The molecule has 164 valence electrons. The Bertz CT molecular complexity index is 1050. The minimum absolute atomic E-state index is 0.0344. The highest BCUT2D eigenvalue weighted by molar-refractivity contribution is 7.13. The molecule has 1 aliphatic heterocycles. The van der Waals surface area contributed by atoms with Crippen LogP contribution in [0.25, 0.3) is 21.8 Å². The normalized spacial score (nSPS) is 16.6. The Labute approximate surface area is 185 Å². The van der Waals surface area contributed by atoms with E-state index in [2.05, 4.69) is 31.2 Å². The lowest BCUT2D eigenvalue weighted by atomic mass is 10.0. The molecule has 8 heteroatoms. The van der Waals surface area contributed by atoms with Gasteiger partial charge in [-0.25, -0.2) is 9.37 Å². The van der Waals surface area contributed by atoms with E-state index in [1.165, 1.54) is 23.5 Å². The molecular weight excluding hydrogens is 415 g/mol. The molecule has 2 aromatic heterocycles. The molecule has 1 saturated heterocycles. The van der Waals surface area contributed by atoms with Crippen molar-refractivity contribution in [3.8, 4) is 21.8 Å². The van der Waals surface area contributed by atoms with E-state index < -0.39 is 0 Å². The largest absolute Gasteiger partial charge is 0.381 e. The molecule has 1 aliphatic rings. The minimum atomic E-state index is -0.279. The summed E-state index contributed by atoms with van der Waals surface area (Å²) in [4.78, 5) is 17.0. The summed E-state index contributed by atoms with van der Waals surface area (Å²) in [6, 6.07) is 6.41. The number of aromatic nitrogens is 3. The number of nitrogens with one attached hydrogen (secondary N) is 1. The van der Waals surface area contributed by atoms with Gasteiger partial charge in [-0.1, -0.05) is 0 Å². The molecule has 0 aliphatic carbocycles. The first-order valence-corrected chi connectivity index (χ1v) is 11.3. The van der Waals surface area contributed by atoms with Crippen LogP contribution in [0.5, 0.6) is 0 Å². The van der Waals surface area contributed by atoms with E-state index in [9.17, 15) is 9.18 Å². The summed E-state index contributed by atoms with van der Waals surface area (Å²) >= 11 is 1.49. The predicted octanol–water partition coefficient (Wildman–Crippen LogP) is 4.26. The zero-order chi connectivity index (χ0) is 22.0. The molecule has 1 amide bonds. The summed E-state index contributed by atoms with van der Waals surface area (Å²) in [5.74, 6) is 0.0863. The lowest BCUT2D eigenvalue weighted by Crippen LogP contribution is -2.30. The summed E-state index contributed by atoms with van der Waals surface area (Å²) in [5.41, 5.74) is 3.11. The van der Waals surface area contributed by atoms with E-state index in [1.54, 1.807) is 18.3 Å². The van der Waals surface area contributed by atoms with Crippen LogP contribution >= 0.6 is 11.3 Å². The zero-order valence-electron chi connectivity index (χ0n) is 18.0. The van der Waals surface area contributed by atoms with Gasteiger partial charge in [-0.3, -0.25) is 9.48 Å². The lowest BCUT2D eigenvalue weighted by Gasteiger charge is -2.23. The number of carbonyl (C=O) groups is 1. The molecule has 1 fully saturated rings. The molecule has 31 heavy (non-hydrogen) atoms. The van der Waals surface area contributed by atoms with Gasteiger partial charge in [-0.2, -0.15) is 5.10 Å². The first-order valence-electron chi connectivity index (χ1n) is 10.4. The van der Waals surface area contributed by atoms with Crippen molar-refractivity contribution in [1.82, 2.24) is 20.1 Å². The number of halogens is 1. The van der Waals surface area contributed by atoms with Crippen LogP contribution in [0.4, 0.5) is 4.39 Å². The standard InChI is InChI=1S/C23H27FN4O2S/c1-23(2,3)28-21(16-4-6-17(24)7-5-16)19(12-26-28)22-27-18(14-31-22)10-20(29)25-11-15-8-9-30-13-15/h4-7,12,14-15H,8-11,13H2,1-3H3,(H,25,29). The van der Waals surface area contributed by atoms with Crippen molar-refractivity contribution >= 4 is 17.2 Å². The van der Waals surface area contributed by atoms with Crippen molar-refractivity contribution in [1.29, 1.82) is 0 Å². The average Bonchev–Trinajstić information content (AvgIpc) is 3.46. The molecule has 0 spiro atoms. The molecule has 3 aromatic rings. The fourth-order valence-corrected chi connectivity index (χ4v) is 4.47. The minimum Gasteiger partial charge on any atom is -0.381 e. The van der Waals surface area contributed by atoms with Crippen LogP contribution in [0.15, 0.2) is 35.8 Å². The quantitative estimate of drug-likeness (QED) is 0.619. The maximum atomic E-state index is 13.5. The Balaban J connectivity index is 1.56. The molecule has 0 saturated carbocycles. The van der Waals surface area contributed by atoms with Crippen molar-refractivity contribution in [2.45, 2.75) is 39.2 Å². The summed E-state index contributed by atoms with van der Waals surface area (Å²) in [6.45, 7) is 8.35. The smallest absolute Gasteiger partial charge is 0.226 e. The van der Waals surface area contributed by atoms with Crippen molar-refractivity contribution < 1.29 is 13.9 Å². The molecular formula is C23H27FN4O2S. The lowest BCUT2D eigenvalue weighted by molar-refractivity contribution is -0.120. The summed E-state index contributed by atoms with van der Waals surface area (Å²) < 4.78 is 20.8. The number of amides is 1. The van der Waals surface area contributed by atoms with Crippen LogP contribution in [0.2, 0.25) is 0 Å². The number of nitrogens with zero attached hydrogens (tertiary/aromatic N) is 3. The molecule has 6 nitrogen and oxygen atoms in total. The van der Waals surface area contributed by atoms with E-state index in [0.717, 1.165) is 40.6 Å². The molecule has 0 bridgehead atoms. The number of rotatable bonds is 6. The third-order valence-electron chi connectivity index (χ3n) is 5.26. The molecule has 4 rings (SSSR count). The zero-order valence-corrected chi connectivity index (χ0v) is 18.8. The first kappa shape index (κ1) is 21.6. The average molecular weight is 443 g/mol. The topological polar surface area (TPSA) is 69.0 Å². The Morgan fingerprint density at radius 2 is 2.10 bits per heavy atom. The van der Waals surface area contributed by atoms with E-state index in [-0.39, 0.29) is 23.7 Å². The summed E-state index contributed by atoms with van der Waals surface area (Å²) in [5, 5.41) is 10.3. The first-order chi connectivity index (χ1) is 14.8. The van der Waals surface area contributed by atoms with Gasteiger partial charge in [0, 0.05) is 30.0 Å². The summed E-state index contributed by atoms with van der Waals surface area (Å²) in [6.07, 6.45) is 3.03. The van der Waals surface area contributed by atoms with Gasteiger partial charge in [0.1, 0.15) is 10.8 Å². The third kappa shape index (κ3) is 5.02. The fraction of sp³-hybridized carbons (Fsp3) is 0.435. The van der Waals surface area contributed by atoms with E-state index in [1.807, 2.05) is 10.1 Å².